The highest BCUT2D eigenvalue weighted by molar-refractivity contribution is 7.90. The van der Waals surface area contributed by atoms with Crippen molar-refractivity contribution in [2.24, 2.45) is 0 Å². The standard InChI is InChI=1S/C14H22ClN3O2S/c1-2-16-11-14-5-3-4-10-18(14)21(19,20)17-13-8-6-12(15)7-9-13/h6-9,14,16-17H,2-5,10-11H2,1H3. The summed E-state index contributed by atoms with van der Waals surface area (Å²) in [5.74, 6) is 0. The van der Waals surface area contributed by atoms with Crippen LogP contribution in [0.1, 0.15) is 26.2 Å². The van der Waals surface area contributed by atoms with Gasteiger partial charge in [-0.25, -0.2) is 0 Å². The summed E-state index contributed by atoms with van der Waals surface area (Å²) < 4.78 is 29.3. The maximum Gasteiger partial charge on any atom is 0.301 e. The third kappa shape index (κ3) is 4.57. The van der Waals surface area contributed by atoms with Crippen molar-refractivity contribution in [2.45, 2.75) is 32.2 Å². The summed E-state index contributed by atoms with van der Waals surface area (Å²) in [6, 6.07) is 6.70. The van der Waals surface area contributed by atoms with E-state index in [9.17, 15) is 8.42 Å². The fraction of sp³-hybridized carbons (Fsp3) is 0.571. The number of benzene rings is 1. The van der Waals surface area contributed by atoms with Gasteiger partial charge in [-0.1, -0.05) is 24.9 Å². The molecule has 118 valence electrons. The lowest BCUT2D eigenvalue weighted by molar-refractivity contribution is 0.248. The molecule has 5 nitrogen and oxygen atoms in total. The van der Waals surface area contributed by atoms with Crippen LogP contribution in [0.15, 0.2) is 24.3 Å². The molecule has 1 saturated heterocycles. The van der Waals surface area contributed by atoms with Crippen molar-refractivity contribution in [1.29, 1.82) is 0 Å². The van der Waals surface area contributed by atoms with Crippen LogP contribution >= 0.6 is 11.6 Å². The molecule has 1 aliphatic rings. The second kappa shape index (κ2) is 7.45. The van der Waals surface area contributed by atoms with E-state index in [1.807, 2.05) is 6.92 Å². The van der Waals surface area contributed by atoms with Gasteiger partial charge in [0.1, 0.15) is 0 Å². The van der Waals surface area contributed by atoms with Crippen molar-refractivity contribution >= 4 is 27.5 Å². The minimum atomic E-state index is -3.53. The van der Waals surface area contributed by atoms with Gasteiger partial charge in [0.2, 0.25) is 0 Å². The molecule has 0 aromatic heterocycles. The Balaban J connectivity index is 2.10. The molecular weight excluding hydrogens is 310 g/mol. The number of halogens is 1. The van der Waals surface area contributed by atoms with Gasteiger partial charge in [0, 0.05) is 29.8 Å². The Bertz CT molecular complexity index is 548. The zero-order chi connectivity index (χ0) is 15.3. The molecule has 1 atom stereocenters. The third-order valence-corrected chi connectivity index (χ3v) is 5.45. The molecule has 0 spiro atoms. The molecule has 0 bridgehead atoms. The first kappa shape index (κ1) is 16.5. The first-order valence-electron chi connectivity index (χ1n) is 7.29. The summed E-state index contributed by atoms with van der Waals surface area (Å²) in [5.41, 5.74) is 0.534. The van der Waals surface area contributed by atoms with Gasteiger partial charge in [0.25, 0.3) is 0 Å². The SMILES string of the molecule is CCNCC1CCCCN1S(=O)(=O)Nc1ccc(Cl)cc1. The lowest BCUT2D eigenvalue weighted by atomic mass is 10.1. The summed E-state index contributed by atoms with van der Waals surface area (Å²) >= 11 is 5.82. The Labute approximate surface area is 131 Å². The molecule has 1 unspecified atom stereocenters. The van der Waals surface area contributed by atoms with E-state index < -0.39 is 10.2 Å². The van der Waals surface area contributed by atoms with Crippen molar-refractivity contribution in [3.8, 4) is 0 Å². The fourth-order valence-corrected chi connectivity index (χ4v) is 4.15. The van der Waals surface area contributed by atoms with Gasteiger partial charge < -0.3 is 5.32 Å². The lowest BCUT2D eigenvalue weighted by Gasteiger charge is -2.34. The maximum atomic E-state index is 12.6. The van der Waals surface area contributed by atoms with Crippen molar-refractivity contribution in [3.05, 3.63) is 29.3 Å². The molecular formula is C14H22ClN3O2S. The van der Waals surface area contributed by atoms with E-state index in [2.05, 4.69) is 10.0 Å². The summed E-state index contributed by atoms with van der Waals surface area (Å²) in [6.07, 6.45) is 2.88. The first-order chi connectivity index (χ1) is 10.0. The average molecular weight is 332 g/mol. The second-order valence-electron chi connectivity index (χ2n) is 5.18. The predicted molar refractivity (Wildman–Crippen MR) is 86.9 cm³/mol. The molecule has 1 aromatic rings. The van der Waals surface area contributed by atoms with Gasteiger partial charge in [-0.05, 0) is 43.7 Å². The van der Waals surface area contributed by atoms with E-state index in [-0.39, 0.29) is 6.04 Å². The number of nitrogens with zero attached hydrogens (tertiary/aromatic N) is 1. The third-order valence-electron chi connectivity index (χ3n) is 3.60. The van der Waals surface area contributed by atoms with Crippen LogP contribution in [0.25, 0.3) is 0 Å². The van der Waals surface area contributed by atoms with Crippen molar-refractivity contribution < 1.29 is 8.42 Å². The molecule has 7 heteroatoms. The fourth-order valence-electron chi connectivity index (χ4n) is 2.53. The normalized spacial score (nSPS) is 20.4. The minimum Gasteiger partial charge on any atom is -0.315 e. The van der Waals surface area contributed by atoms with Gasteiger partial charge in [-0.15, -0.1) is 0 Å². The van der Waals surface area contributed by atoms with Gasteiger partial charge in [0.05, 0.1) is 0 Å². The Hall–Kier alpha value is -0.820. The number of piperidine rings is 1. The van der Waals surface area contributed by atoms with Crippen LogP contribution in [0.3, 0.4) is 0 Å². The van der Waals surface area contributed by atoms with Crippen molar-refractivity contribution in [3.63, 3.8) is 0 Å². The second-order valence-corrected chi connectivity index (χ2v) is 7.24. The monoisotopic (exact) mass is 331 g/mol. The molecule has 1 aliphatic heterocycles. The Morgan fingerprint density at radius 3 is 2.67 bits per heavy atom. The van der Waals surface area contributed by atoms with Gasteiger partial charge in [0.15, 0.2) is 0 Å². The van der Waals surface area contributed by atoms with E-state index in [4.69, 9.17) is 11.6 Å². The lowest BCUT2D eigenvalue weighted by Crippen LogP contribution is -2.50. The molecule has 2 rings (SSSR count). The van der Waals surface area contributed by atoms with Crippen LogP contribution in [-0.2, 0) is 10.2 Å². The zero-order valence-corrected chi connectivity index (χ0v) is 13.8. The highest BCUT2D eigenvalue weighted by atomic mass is 35.5. The quantitative estimate of drug-likeness (QED) is 0.841. The summed E-state index contributed by atoms with van der Waals surface area (Å²) in [7, 11) is -3.53. The van der Waals surface area contributed by atoms with E-state index >= 15 is 0 Å². The summed E-state index contributed by atoms with van der Waals surface area (Å²) in [6.45, 7) is 4.12. The van der Waals surface area contributed by atoms with E-state index in [0.29, 0.717) is 23.8 Å². The van der Waals surface area contributed by atoms with Crippen molar-refractivity contribution in [2.75, 3.05) is 24.4 Å². The van der Waals surface area contributed by atoms with Gasteiger partial charge in [-0.2, -0.15) is 12.7 Å². The largest absolute Gasteiger partial charge is 0.315 e. The molecule has 0 aliphatic carbocycles. The van der Waals surface area contributed by atoms with Gasteiger partial charge in [-0.3, -0.25) is 4.72 Å². The van der Waals surface area contributed by atoms with Crippen LogP contribution in [0.2, 0.25) is 5.02 Å². The average Bonchev–Trinajstić information content (AvgIpc) is 2.47. The minimum absolute atomic E-state index is 0.0171. The predicted octanol–water partition coefficient (Wildman–Crippen LogP) is 2.46. The highest BCUT2D eigenvalue weighted by Gasteiger charge is 2.31. The molecule has 2 N–H and O–H groups in total. The number of nitrogens with one attached hydrogen (secondary N) is 2. The van der Waals surface area contributed by atoms with Crippen LogP contribution in [0.4, 0.5) is 5.69 Å². The summed E-state index contributed by atoms with van der Waals surface area (Å²) in [5, 5.41) is 3.82. The molecule has 1 aromatic carbocycles. The maximum absolute atomic E-state index is 12.6. The number of hydrogen-bond acceptors (Lipinski definition) is 3. The number of anilines is 1. The smallest absolute Gasteiger partial charge is 0.301 e. The highest BCUT2D eigenvalue weighted by Crippen LogP contribution is 2.22. The molecule has 1 fully saturated rings. The number of likely N-dealkylation sites (N-methyl/N-ethyl adjacent to an activating group) is 1. The topological polar surface area (TPSA) is 61.4 Å². The van der Waals surface area contributed by atoms with Crippen LogP contribution in [-0.4, -0.2) is 38.4 Å². The molecule has 1 heterocycles. The number of rotatable bonds is 6. The first-order valence-corrected chi connectivity index (χ1v) is 9.10. The molecule has 0 amide bonds. The Morgan fingerprint density at radius 1 is 1.29 bits per heavy atom. The Morgan fingerprint density at radius 2 is 2.00 bits per heavy atom. The zero-order valence-electron chi connectivity index (χ0n) is 12.2. The van der Waals surface area contributed by atoms with Crippen molar-refractivity contribution in [1.82, 2.24) is 9.62 Å². The van der Waals surface area contributed by atoms with E-state index in [1.54, 1.807) is 28.6 Å². The van der Waals surface area contributed by atoms with Crippen LogP contribution in [0.5, 0.6) is 0 Å². The van der Waals surface area contributed by atoms with E-state index in [0.717, 1.165) is 25.8 Å². The number of hydrogen-bond donors (Lipinski definition) is 2. The molecule has 21 heavy (non-hydrogen) atoms. The molecule has 0 radical (unpaired) electrons. The summed E-state index contributed by atoms with van der Waals surface area (Å²) in [4.78, 5) is 0. The van der Waals surface area contributed by atoms with Gasteiger partial charge >= 0.3 is 10.2 Å². The van der Waals surface area contributed by atoms with Crippen LogP contribution < -0.4 is 10.0 Å². The van der Waals surface area contributed by atoms with Crippen LogP contribution in [0, 0.1) is 0 Å². The van der Waals surface area contributed by atoms with E-state index in [1.165, 1.54) is 0 Å². The molecule has 0 saturated carbocycles. The Kier molecular flexibility index (Phi) is 5.87.